The predicted octanol–water partition coefficient (Wildman–Crippen LogP) is 1.92. The van der Waals surface area contributed by atoms with Crippen molar-refractivity contribution in [2.24, 2.45) is 0 Å². The molecule has 1 atom stereocenters. The van der Waals surface area contributed by atoms with Crippen molar-refractivity contribution in [2.75, 3.05) is 7.05 Å². The molecule has 21 heavy (non-hydrogen) atoms. The fraction of sp³-hybridized carbons (Fsp3) is 0.429. The average molecular weight is 310 g/mol. The van der Waals surface area contributed by atoms with Crippen LogP contribution in [0.15, 0.2) is 17.0 Å². The lowest BCUT2D eigenvalue weighted by Crippen LogP contribution is -2.35. The Bertz CT molecular complexity index is 704. The van der Waals surface area contributed by atoms with Crippen LogP contribution in [0.3, 0.4) is 0 Å². The summed E-state index contributed by atoms with van der Waals surface area (Å²) in [4.78, 5) is 11.1. The van der Waals surface area contributed by atoms with Gasteiger partial charge in [-0.1, -0.05) is 6.07 Å². The molecule has 7 heteroatoms. The van der Waals surface area contributed by atoms with Crippen LogP contribution in [0, 0.1) is 25.2 Å². The molecule has 1 N–H and O–H groups in total. The number of carboxylic acids is 1. The summed E-state index contributed by atoms with van der Waals surface area (Å²) in [7, 11) is -2.46. The first kappa shape index (κ1) is 17.1. The molecule has 114 valence electrons. The maximum Gasteiger partial charge on any atom is 0.335 e. The molecule has 0 aliphatic heterocycles. The van der Waals surface area contributed by atoms with Crippen molar-refractivity contribution in [1.29, 1.82) is 5.26 Å². The van der Waals surface area contributed by atoms with Gasteiger partial charge in [0.25, 0.3) is 0 Å². The summed E-state index contributed by atoms with van der Waals surface area (Å²) in [6.07, 6.45) is 0.0619. The molecule has 0 aromatic heterocycles. The Morgan fingerprint density at radius 3 is 2.43 bits per heavy atom. The number of nitrogens with zero attached hydrogens (tertiary/aromatic N) is 2. The lowest BCUT2D eigenvalue weighted by atomic mass is 10.1. The fourth-order valence-corrected chi connectivity index (χ4v) is 3.58. The lowest BCUT2D eigenvalue weighted by Gasteiger charge is -2.23. The van der Waals surface area contributed by atoms with Gasteiger partial charge in [-0.3, -0.25) is 0 Å². The van der Waals surface area contributed by atoms with Crippen LogP contribution < -0.4 is 0 Å². The second-order valence-corrected chi connectivity index (χ2v) is 6.94. The van der Waals surface area contributed by atoms with Crippen LogP contribution in [-0.2, 0) is 10.0 Å². The number of carbonyl (C=O) groups is 1. The van der Waals surface area contributed by atoms with E-state index in [1.54, 1.807) is 26.8 Å². The van der Waals surface area contributed by atoms with E-state index in [2.05, 4.69) is 0 Å². The summed E-state index contributed by atoms with van der Waals surface area (Å²) < 4.78 is 26.3. The monoisotopic (exact) mass is 310 g/mol. The van der Waals surface area contributed by atoms with E-state index >= 15 is 0 Å². The number of rotatable bonds is 5. The van der Waals surface area contributed by atoms with E-state index in [0.717, 1.165) is 4.31 Å². The van der Waals surface area contributed by atoms with Crippen molar-refractivity contribution < 1.29 is 18.3 Å². The molecular formula is C14H18N2O4S. The second-order valence-electron chi connectivity index (χ2n) is 4.97. The first-order chi connectivity index (χ1) is 9.62. The average Bonchev–Trinajstić information content (AvgIpc) is 2.37. The molecule has 0 amide bonds. The fourth-order valence-electron chi connectivity index (χ4n) is 1.99. The Labute approximate surface area is 124 Å². The van der Waals surface area contributed by atoms with Gasteiger partial charge in [0.1, 0.15) is 0 Å². The molecule has 0 spiro atoms. The van der Waals surface area contributed by atoms with Crippen LogP contribution in [0.4, 0.5) is 0 Å². The minimum atomic E-state index is -3.84. The van der Waals surface area contributed by atoms with Crippen LogP contribution in [0.1, 0.15) is 34.8 Å². The molecule has 0 fully saturated rings. The summed E-state index contributed by atoms with van der Waals surface area (Å²) in [5.41, 5.74) is 0.945. The molecule has 0 saturated carbocycles. The van der Waals surface area contributed by atoms with Crippen LogP contribution in [0.5, 0.6) is 0 Å². The number of hydrogen-bond donors (Lipinski definition) is 1. The van der Waals surface area contributed by atoms with Crippen molar-refractivity contribution in [3.05, 3.63) is 28.8 Å². The minimum absolute atomic E-state index is 0.0412. The van der Waals surface area contributed by atoms with Gasteiger partial charge in [-0.2, -0.15) is 9.57 Å². The maximum absolute atomic E-state index is 12.6. The Balaban J connectivity index is 3.42. The number of sulfonamides is 1. The molecule has 0 bridgehead atoms. The van der Waals surface area contributed by atoms with Gasteiger partial charge >= 0.3 is 5.97 Å². The molecule has 1 aromatic rings. The normalized spacial score (nSPS) is 13.0. The van der Waals surface area contributed by atoms with Crippen molar-refractivity contribution in [3.63, 3.8) is 0 Å². The van der Waals surface area contributed by atoms with E-state index in [1.165, 1.54) is 13.1 Å². The molecule has 1 rings (SSSR count). The largest absolute Gasteiger partial charge is 0.478 e. The lowest BCUT2D eigenvalue weighted by molar-refractivity contribution is 0.0696. The molecule has 0 heterocycles. The highest BCUT2D eigenvalue weighted by Gasteiger charge is 2.28. The third-order valence-electron chi connectivity index (χ3n) is 3.42. The highest BCUT2D eigenvalue weighted by Crippen LogP contribution is 2.24. The molecule has 0 radical (unpaired) electrons. The van der Waals surface area contributed by atoms with Gasteiger partial charge in [0.15, 0.2) is 0 Å². The molecule has 0 saturated heterocycles. The molecule has 1 aromatic carbocycles. The summed E-state index contributed by atoms with van der Waals surface area (Å²) in [5.74, 6) is -1.17. The van der Waals surface area contributed by atoms with E-state index in [0.29, 0.717) is 11.1 Å². The van der Waals surface area contributed by atoms with Gasteiger partial charge in [-0.15, -0.1) is 0 Å². The minimum Gasteiger partial charge on any atom is -0.478 e. The Morgan fingerprint density at radius 2 is 1.95 bits per heavy atom. The molecule has 6 nitrogen and oxygen atoms in total. The number of carboxylic acid groups (broad SMARTS) is 1. The van der Waals surface area contributed by atoms with E-state index in [9.17, 15) is 13.2 Å². The maximum atomic E-state index is 12.6. The zero-order valence-corrected chi connectivity index (χ0v) is 13.2. The van der Waals surface area contributed by atoms with Gasteiger partial charge in [-0.05, 0) is 38.0 Å². The standard InChI is InChI=1S/C14H18N2O4S/c1-9-7-10(2)13(8-12(9)14(17)18)21(19,20)16(4)11(3)5-6-15/h7-8,11H,5H2,1-4H3,(H,17,18). The van der Waals surface area contributed by atoms with Crippen molar-refractivity contribution >= 4 is 16.0 Å². The number of benzene rings is 1. The molecule has 1 unspecified atom stereocenters. The Hall–Kier alpha value is -1.91. The van der Waals surface area contributed by atoms with Crippen LogP contribution in [0.25, 0.3) is 0 Å². The zero-order valence-electron chi connectivity index (χ0n) is 12.4. The SMILES string of the molecule is Cc1cc(C)c(S(=O)(=O)N(C)C(C)CC#N)cc1C(=O)O. The Morgan fingerprint density at radius 1 is 1.38 bits per heavy atom. The number of hydrogen-bond acceptors (Lipinski definition) is 4. The van der Waals surface area contributed by atoms with Gasteiger partial charge in [0.05, 0.1) is 22.9 Å². The smallest absolute Gasteiger partial charge is 0.335 e. The number of nitriles is 1. The zero-order chi connectivity index (χ0) is 16.4. The van der Waals surface area contributed by atoms with Gasteiger partial charge in [0.2, 0.25) is 10.0 Å². The quantitative estimate of drug-likeness (QED) is 0.896. The highest BCUT2D eigenvalue weighted by molar-refractivity contribution is 7.89. The van der Waals surface area contributed by atoms with Gasteiger partial charge < -0.3 is 5.11 Å². The molecule has 0 aliphatic rings. The number of aryl methyl sites for hydroxylation is 2. The first-order valence-electron chi connectivity index (χ1n) is 6.32. The van der Waals surface area contributed by atoms with Crippen molar-refractivity contribution in [2.45, 2.75) is 38.1 Å². The second kappa shape index (κ2) is 6.24. The molecule has 0 aliphatic carbocycles. The third-order valence-corrected chi connectivity index (χ3v) is 5.53. The van der Waals surface area contributed by atoms with E-state index in [1.807, 2.05) is 6.07 Å². The van der Waals surface area contributed by atoms with Crippen LogP contribution in [-0.4, -0.2) is 36.9 Å². The number of aromatic carboxylic acids is 1. The topological polar surface area (TPSA) is 98.5 Å². The first-order valence-corrected chi connectivity index (χ1v) is 7.76. The molecular weight excluding hydrogens is 292 g/mol. The van der Waals surface area contributed by atoms with Crippen molar-refractivity contribution in [3.8, 4) is 6.07 Å². The summed E-state index contributed by atoms with van der Waals surface area (Å²) in [5, 5.41) is 17.8. The summed E-state index contributed by atoms with van der Waals surface area (Å²) >= 11 is 0. The third kappa shape index (κ3) is 3.40. The Kier molecular flexibility index (Phi) is 5.10. The van der Waals surface area contributed by atoms with Crippen LogP contribution in [0.2, 0.25) is 0 Å². The van der Waals surface area contributed by atoms with Crippen LogP contribution >= 0.6 is 0 Å². The summed E-state index contributed by atoms with van der Waals surface area (Å²) in [6.45, 7) is 4.87. The van der Waals surface area contributed by atoms with Crippen molar-refractivity contribution in [1.82, 2.24) is 4.31 Å². The summed E-state index contributed by atoms with van der Waals surface area (Å²) in [6, 6.07) is 4.15. The highest BCUT2D eigenvalue weighted by atomic mass is 32.2. The van der Waals surface area contributed by atoms with E-state index in [-0.39, 0.29) is 16.9 Å². The van der Waals surface area contributed by atoms with E-state index in [4.69, 9.17) is 10.4 Å². The van der Waals surface area contributed by atoms with E-state index < -0.39 is 22.0 Å². The predicted molar refractivity (Wildman–Crippen MR) is 77.5 cm³/mol. The van der Waals surface area contributed by atoms with Gasteiger partial charge in [0, 0.05) is 13.1 Å². The van der Waals surface area contributed by atoms with Gasteiger partial charge in [-0.25, -0.2) is 13.2 Å².